The molecule has 39 heavy (non-hydrogen) atoms. The van der Waals surface area contributed by atoms with Crippen LogP contribution in [0.15, 0.2) is 84.1 Å². The van der Waals surface area contributed by atoms with Crippen LogP contribution in [0.2, 0.25) is 0 Å². The molecule has 0 saturated carbocycles. The predicted molar refractivity (Wildman–Crippen MR) is 167 cm³/mol. The van der Waals surface area contributed by atoms with Gasteiger partial charge in [-0.25, -0.2) is 0 Å². The highest BCUT2D eigenvalue weighted by Crippen LogP contribution is 2.25. The zero-order chi connectivity index (χ0) is 28.4. The Bertz CT molecular complexity index is 1130. The van der Waals surface area contributed by atoms with Gasteiger partial charge in [0.25, 0.3) is 5.91 Å². The van der Waals surface area contributed by atoms with Crippen molar-refractivity contribution in [3.63, 3.8) is 0 Å². The number of likely N-dealkylation sites (tertiary alicyclic amines) is 1. The summed E-state index contributed by atoms with van der Waals surface area (Å²) in [6, 6.07) is 17.0. The molecular formula is C35H49N3O. The maximum absolute atomic E-state index is 13.8. The Morgan fingerprint density at radius 3 is 2.21 bits per heavy atom. The fourth-order valence-electron chi connectivity index (χ4n) is 5.00. The number of amides is 1. The van der Waals surface area contributed by atoms with Crippen molar-refractivity contribution in [3.05, 3.63) is 101 Å². The number of allylic oxidation sites excluding steroid dienone is 5. The largest absolute Gasteiger partial charge is 0.345 e. The minimum atomic E-state index is 0.136. The normalized spacial score (nSPS) is 15.1. The summed E-state index contributed by atoms with van der Waals surface area (Å²) < 4.78 is 0. The monoisotopic (exact) mass is 527 g/mol. The molecule has 210 valence electrons. The zero-order valence-electron chi connectivity index (χ0n) is 25.3. The molecule has 4 heteroatoms. The smallest absolute Gasteiger partial charge is 0.254 e. The SMILES string of the molecule is C/C=C\C(=C/C=C(C)C)N(C)c1ccc(CN(C(=O)c2ccc(C)cc2)C2CCN(CCC(C)C)CC2)cc1. The molecule has 0 radical (unpaired) electrons. The third-order valence-corrected chi connectivity index (χ3v) is 7.57. The number of carbonyl (C=O) groups is 1. The molecule has 0 bridgehead atoms. The van der Waals surface area contributed by atoms with Crippen molar-refractivity contribution in [2.45, 2.75) is 73.4 Å². The van der Waals surface area contributed by atoms with Gasteiger partial charge in [-0.1, -0.05) is 61.4 Å². The van der Waals surface area contributed by atoms with Gasteiger partial charge in [-0.2, -0.15) is 0 Å². The summed E-state index contributed by atoms with van der Waals surface area (Å²) in [6.45, 7) is 16.8. The number of hydrogen-bond acceptors (Lipinski definition) is 3. The van der Waals surface area contributed by atoms with Gasteiger partial charge < -0.3 is 14.7 Å². The van der Waals surface area contributed by atoms with Crippen LogP contribution in [0.3, 0.4) is 0 Å². The summed E-state index contributed by atoms with van der Waals surface area (Å²) in [4.78, 5) is 20.7. The fraction of sp³-hybridized carbons (Fsp3) is 0.457. The third-order valence-electron chi connectivity index (χ3n) is 7.57. The maximum Gasteiger partial charge on any atom is 0.254 e. The molecule has 0 N–H and O–H groups in total. The van der Waals surface area contributed by atoms with Crippen LogP contribution in [0.25, 0.3) is 0 Å². The molecule has 0 aliphatic carbocycles. The summed E-state index contributed by atoms with van der Waals surface area (Å²) in [5.41, 5.74) is 6.64. The van der Waals surface area contributed by atoms with Crippen LogP contribution in [-0.4, -0.2) is 48.4 Å². The Hall–Kier alpha value is -3.11. The van der Waals surface area contributed by atoms with E-state index in [0.717, 1.165) is 60.9 Å². The molecular weight excluding hydrogens is 478 g/mol. The quantitative estimate of drug-likeness (QED) is 0.277. The Morgan fingerprint density at radius 2 is 1.64 bits per heavy atom. The summed E-state index contributed by atoms with van der Waals surface area (Å²) in [6.07, 6.45) is 11.8. The second-order valence-corrected chi connectivity index (χ2v) is 11.6. The number of nitrogens with zero attached hydrogens (tertiary/aromatic N) is 3. The Kier molecular flexibility index (Phi) is 11.6. The Balaban J connectivity index is 1.78. The highest BCUT2D eigenvalue weighted by atomic mass is 16.2. The van der Waals surface area contributed by atoms with Crippen LogP contribution in [0.5, 0.6) is 0 Å². The number of benzene rings is 2. The second-order valence-electron chi connectivity index (χ2n) is 11.6. The van der Waals surface area contributed by atoms with Crippen molar-refractivity contribution in [3.8, 4) is 0 Å². The van der Waals surface area contributed by atoms with Crippen LogP contribution < -0.4 is 4.90 Å². The predicted octanol–water partition coefficient (Wildman–Crippen LogP) is 8.01. The zero-order valence-corrected chi connectivity index (χ0v) is 25.3. The maximum atomic E-state index is 13.8. The standard InChI is InChI=1S/C35H49N3O/c1-8-9-32(17-10-27(2)3)36(7)33-18-13-30(14-19-33)26-38(35(39)31-15-11-29(6)12-16-31)34-21-24-37(25-22-34)23-20-28(4)5/h8-19,28,34H,20-26H2,1-7H3/b9-8-,32-17+. The molecule has 2 aromatic rings. The van der Waals surface area contributed by atoms with Gasteiger partial charge >= 0.3 is 0 Å². The van der Waals surface area contributed by atoms with E-state index in [1.807, 2.05) is 31.2 Å². The first-order valence-electron chi connectivity index (χ1n) is 14.6. The Morgan fingerprint density at radius 1 is 1.00 bits per heavy atom. The van der Waals surface area contributed by atoms with Gasteiger partial charge in [0.1, 0.15) is 0 Å². The molecule has 1 aliphatic rings. The second kappa shape index (κ2) is 14.9. The van der Waals surface area contributed by atoms with Gasteiger partial charge in [0.15, 0.2) is 0 Å². The molecule has 2 aromatic carbocycles. The van der Waals surface area contributed by atoms with Crippen LogP contribution in [0.1, 0.15) is 75.4 Å². The molecule has 0 spiro atoms. The van der Waals surface area contributed by atoms with E-state index in [-0.39, 0.29) is 11.9 Å². The topological polar surface area (TPSA) is 26.8 Å². The molecule has 0 atom stereocenters. The molecule has 0 aromatic heterocycles. The van der Waals surface area contributed by atoms with E-state index in [2.05, 4.69) is 105 Å². The molecule has 3 rings (SSSR count). The minimum absolute atomic E-state index is 0.136. The van der Waals surface area contributed by atoms with E-state index in [1.165, 1.54) is 17.6 Å². The summed E-state index contributed by atoms with van der Waals surface area (Å²) in [7, 11) is 2.10. The number of carbonyl (C=O) groups excluding carboxylic acids is 1. The van der Waals surface area contributed by atoms with Gasteiger partial charge in [0.2, 0.25) is 0 Å². The molecule has 4 nitrogen and oxygen atoms in total. The lowest BCUT2D eigenvalue weighted by Gasteiger charge is -2.39. The van der Waals surface area contributed by atoms with Crippen molar-refractivity contribution in [1.29, 1.82) is 0 Å². The highest BCUT2D eigenvalue weighted by Gasteiger charge is 2.29. The summed E-state index contributed by atoms with van der Waals surface area (Å²) >= 11 is 0. The number of hydrogen-bond donors (Lipinski definition) is 0. The first-order valence-corrected chi connectivity index (χ1v) is 14.6. The van der Waals surface area contributed by atoms with E-state index in [0.29, 0.717) is 6.54 Å². The van der Waals surface area contributed by atoms with E-state index in [9.17, 15) is 4.79 Å². The van der Waals surface area contributed by atoms with Crippen molar-refractivity contribution in [2.75, 3.05) is 31.6 Å². The molecule has 1 heterocycles. The van der Waals surface area contributed by atoms with Gasteiger partial charge in [-0.3, -0.25) is 4.79 Å². The molecule has 1 saturated heterocycles. The summed E-state index contributed by atoms with van der Waals surface area (Å²) in [5, 5.41) is 0. The van der Waals surface area contributed by atoms with E-state index in [1.54, 1.807) is 0 Å². The van der Waals surface area contributed by atoms with Gasteiger partial charge in [-0.05, 0) is 101 Å². The number of likely N-dealkylation sites (N-methyl/N-ethyl adjacent to an activating group) is 1. The van der Waals surface area contributed by atoms with Crippen molar-refractivity contribution < 1.29 is 4.79 Å². The number of piperidine rings is 1. The van der Waals surface area contributed by atoms with E-state index < -0.39 is 0 Å². The third kappa shape index (κ3) is 9.25. The molecule has 0 unspecified atom stereocenters. The number of anilines is 1. The number of aryl methyl sites for hydroxylation is 1. The molecule has 1 fully saturated rings. The fourth-order valence-corrected chi connectivity index (χ4v) is 5.00. The van der Waals surface area contributed by atoms with E-state index in [4.69, 9.17) is 0 Å². The van der Waals surface area contributed by atoms with Gasteiger partial charge in [0.05, 0.1) is 0 Å². The first-order chi connectivity index (χ1) is 18.7. The summed E-state index contributed by atoms with van der Waals surface area (Å²) in [5.74, 6) is 0.859. The van der Waals surface area contributed by atoms with Crippen molar-refractivity contribution in [1.82, 2.24) is 9.80 Å². The van der Waals surface area contributed by atoms with Crippen LogP contribution in [0.4, 0.5) is 5.69 Å². The molecule has 1 aliphatic heterocycles. The van der Waals surface area contributed by atoms with Gasteiger partial charge in [0, 0.05) is 49.7 Å². The van der Waals surface area contributed by atoms with Gasteiger partial charge in [-0.15, -0.1) is 0 Å². The highest BCUT2D eigenvalue weighted by molar-refractivity contribution is 5.94. The van der Waals surface area contributed by atoms with Crippen LogP contribution >= 0.6 is 0 Å². The van der Waals surface area contributed by atoms with Crippen LogP contribution in [0, 0.1) is 12.8 Å². The lowest BCUT2D eigenvalue weighted by Crippen LogP contribution is -2.47. The Labute approximate surface area is 237 Å². The number of rotatable bonds is 11. The van der Waals surface area contributed by atoms with Crippen molar-refractivity contribution >= 4 is 11.6 Å². The molecule has 1 amide bonds. The minimum Gasteiger partial charge on any atom is -0.345 e. The average Bonchev–Trinajstić information content (AvgIpc) is 2.93. The lowest BCUT2D eigenvalue weighted by atomic mass is 9.99. The first kappa shape index (κ1) is 30.4. The van der Waals surface area contributed by atoms with Crippen LogP contribution in [-0.2, 0) is 6.54 Å². The van der Waals surface area contributed by atoms with E-state index >= 15 is 0 Å². The lowest BCUT2D eigenvalue weighted by molar-refractivity contribution is 0.0546. The van der Waals surface area contributed by atoms with Crippen molar-refractivity contribution in [2.24, 2.45) is 5.92 Å². The average molecular weight is 528 g/mol.